The maximum atomic E-state index is 11.2. The van der Waals surface area contributed by atoms with Crippen molar-refractivity contribution < 1.29 is 9.53 Å². The molecule has 0 saturated heterocycles. The number of methoxy groups -OCH3 is 1. The van der Waals surface area contributed by atoms with E-state index in [1.54, 1.807) is 7.11 Å². The fourth-order valence-corrected chi connectivity index (χ4v) is 1.68. The van der Waals surface area contributed by atoms with Gasteiger partial charge in [0.25, 0.3) is 0 Å². The first kappa shape index (κ1) is 10.1. The first-order chi connectivity index (χ1) is 7.20. The molecular formula is C12H11O2P. The number of rotatable bonds is 2. The molecule has 2 aromatic rings. The highest BCUT2D eigenvalue weighted by atomic mass is 31.0. The average Bonchev–Trinajstić information content (AvgIpc) is 2.27. The summed E-state index contributed by atoms with van der Waals surface area (Å²) in [5, 5.41) is 2.12. The van der Waals surface area contributed by atoms with Gasteiger partial charge in [-0.05, 0) is 29.0 Å². The highest BCUT2D eigenvalue weighted by molar-refractivity contribution is 7.41. The monoisotopic (exact) mass is 218 g/mol. The van der Waals surface area contributed by atoms with Crippen molar-refractivity contribution in [1.29, 1.82) is 0 Å². The van der Waals surface area contributed by atoms with Gasteiger partial charge in [-0.25, -0.2) is 0 Å². The van der Waals surface area contributed by atoms with Crippen molar-refractivity contribution in [2.45, 2.75) is 0 Å². The van der Waals surface area contributed by atoms with Crippen molar-refractivity contribution in [3.05, 3.63) is 42.0 Å². The Hall–Kier alpha value is -1.40. The van der Waals surface area contributed by atoms with Gasteiger partial charge in [0.2, 0.25) is 0 Å². The summed E-state index contributed by atoms with van der Waals surface area (Å²) in [5.74, 6) is 0.802. The van der Waals surface area contributed by atoms with E-state index in [4.69, 9.17) is 4.74 Å². The first-order valence-electron chi connectivity index (χ1n) is 4.58. The molecule has 3 heteroatoms. The van der Waals surface area contributed by atoms with E-state index in [0.29, 0.717) is 5.56 Å². The van der Waals surface area contributed by atoms with Crippen LogP contribution in [0.4, 0.5) is 0 Å². The summed E-state index contributed by atoms with van der Waals surface area (Å²) in [4.78, 5) is 11.2. The van der Waals surface area contributed by atoms with Crippen LogP contribution in [0.2, 0.25) is 0 Å². The predicted molar refractivity (Wildman–Crippen MR) is 64.5 cm³/mol. The second kappa shape index (κ2) is 4.00. The molecule has 0 heterocycles. The second-order valence-electron chi connectivity index (χ2n) is 3.29. The van der Waals surface area contributed by atoms with E-state index in [1.165, 1.54) is 0 Å². The SMILES string of the molecule is COc1ccc2ccc(C(=O)P)cc2c1. The Bertz CT molecular complexity index is 520. The fraction of sp³-hybridized carbons (Fsp3) is 0.0833. The van der Waals surface area contributed by atoms with Gasteiger partial charge in [-0.15, -0.1) is 0 Å². The van der Waals surface area contributed by atoms with Gasteiger partial charge < -0.3 is 4.74 Å². The number of ether oxygens (including phenoxy) is 1. The summed E-state index contributed by atoms with van der Waals surface area (Å²) < 4.78 is 5.13. The van der Waals surface area contributed by atoms with Crippen molar-refractivity contribution in [3.8, 4) is 5.75 Å². The number of fused-ring (bicyclic) bond motifs is 1. The molecule has 2 rings (SSSR count). The van der Waals surface area contributed by atoms with Gasteiger partial charge in [0.1, 0.15) is 5.75 Å². The van der Waals surface area contributed by atoms with Crippen LogP contribution in [0, 0.1) is 0 Å². The van der Waals surface area contributed by atoms with Crippen LogP contribution in [0.5, 0.6) is 5.75 Å². The standard InChI is InChI=1S/C12H11O2P/c1-14-11-5-4-8-2-3-9(12(13)15)6-10(8)7-11/h2-7H,15H2,1H3. The molecule has 0 fully saturated rings. The smallest absolute Gasteiger partial charge is 0.178 e. The molecule has 0 spiro atoms. The zero-order valence-electron chi connectivity index (χ0n) is 8.36. The Morgan fingerprint density at radius 3 is 2.53 bits per heavy atom. The number of hydrogen-bond acceptors (Lipinski definition) is 2. The van der Waals surface area contributed by atoms with Gasteiger partial charge in [-0.1, -0.05) is 27.4 Å². The summed E-state index contributed by atoms with van der Waals surface area (Å²) in [6, 6.07) is 11.4. The minimum Gasteiger partial charge on any atom is -0.497 e. The molecule has 0 bridgehead atoms. The zero-order valence-corrected chi connectivity index (χ0v) is 9.51. The largest absolute Gasteiger partial charge is 0.497 e. The maximum absolute atomic E-state index is 11.2. The van der Waals surface area contributed by atoms with Gasteiger partial charge in [0.05, 0.1) is 7.11 Å². The molecule has 0 saturated carbocycles. The van der Waals surface area contributed by atoms with Crippen LogP contribution in [0.3, 0.4) is 0 Å². The van der Waals surface area contributed by atoms with Gasteiger partial charge in [0.15, 0.2) is 5.52 Å². The van der Waals surface area contributed by atoms with Crippen molar-refractivity contribution in [2.24, 2.45) is 0 Å². The summed E-state index contributed by atoms with van der Waals surface area (Å²) >= 11 is 0. The van der Waals surface area contributed by atoms with Crippen LogP contribution in [0.1, 0.15) is 10.4 Å². The number of carbonyl (C=O) groups is 1. The lowest BCUT2D eigenvalue weighted by Gasteiger charge is -2.03. The molecule has 0 amide bonds. The third-order valence-electron chi connectivity index (χ3n) is 2.33. The van der Waals surface area contributed by atoms with E-state index in [-0.39, 0.29) is 5.52 Å². The van der Waals surface area contributed by atoms with E-state index >= 15 is 0 Å². The highest BCUT2D eigenvalue weighted by Gasteiger charge is 2.01. The van der Waals surface area contributed by atoms with Crippen LogP contribution >= 0.6 is 9.24 Å². The van der Waals surface area contributed by atoms with Crippen molar-refractivity contribution in [2.75, 3.05) is 7.11 Å². The van der Waals surface area contributed by atoms with Crippen LogP contribution in [-0.4, -0.2) is 12.6 Å². The maximum Gasteiger partial charge on any atom is 0.178 e. The van der Waals surface area contributed by atoms with Crippen LogP contribution in [-0.2, 0) is 0 Å². The molecule has 0 aliphatic carbocycles. The molecule has 1 atom stereocenters. The predicted octanol–water partition coefficient (Wildman–Crippen LogP) is 2.86. The van der Waals surface area contributed by atoms with Crippen LogP contribution in [0.25, 0.3) is 10.8 Å². The molecular weight excluding hydrogens is 207 g/mol. The summed E-state index contributed by atoms with van der Waals surface area (Å²) in [7, 11) is 3.81. The number of hydrogen-bond donors (Lipinski definition) is 0. The number of benzene rings is 2. The average molecular weight is 218 g/mol. The van der Waals surface area contributed by atoms with E-state index in [2.05, 4.69) is 9.24 Å². The number of carbonyl (C=O) groups excluding carboxylic acids is 1. The molecule has 76 valence electrons. The lowest BCUT2D eigenvalue weighted by molar-refractivity contribution is 0.108. The Morgan fingerprint density at radius 2 is 1.87 bits per heavy atom. The molecule has 1 unspecified atom stereocenters. The Balaban J connectivity index is 2.62. The third-order valence-corrected chi connectivity index (χ3v) is 2.67. The van der Waals surface area contributed by atoms with Crippen LogP contribution < -0.4 is 4.74 Å². The molecule has 0 aromatic heterocycles. The molecule has 0 aliphatic heterocycles. The van der Waals surface area contributed by atoms with Gasteiger partial charge in [0, 0.05) is 5.56 Å². The van der Waals surface area contributed by atoms with Crippen molar-refractivity contribution in [3.63, 3.8) is 0 Å². The molecule has 0 radical (unpaired) electrons. The Morgan fingerprint density at radius 1 is 1.13 bits per heavy atom. The summed E-state index contributed by atoms with van der Waals surface area (Å²) in [6.45, 7) is 0. The highest BCUT2D eigenvalue weighted by Crippen LogP contribution is 2.22. The van der Waals surface area contributed by atoms with E-state index in [1.807, 2.05) is 36.4 Å². The van der Waals surface area contributed by atoms with E-state index < -0.39 is 0 Å². The molecule has 2 nitrogen and oxygen atoms in total. The summed E-state index contributed by atoms with van der Waals surface area (Å²) in [5.41, 5.74) is 0.695. The molecule has 0 aliphatic rings. The lowest BCUT2D eigenvalue weighted by atomic mass is 10.1. The first-order valence-corrected chi connectivity index (χ1v) is 5.16. The minimum absolute atomic E-state index is 0.000259. The second-order valence-corrected chi connectivity index (χ2v) is 3.82. The Labute approximate surface area is 90.4 Å². The Kier molecular flexibility index (Phi) is 2.70. The topological polar surface area (TPSA) is 26.3 Å². The summed E-state index contributed by atoms with van der Waals surface area (Å²) in [6.07, 6.45) is 0. The van der Waals surface area contributed by atoms with Gasteiger partial charge in [-0.3, -0.25) is 4.79 Å². The van der Waals surface area contributed by atoms with Crippen molar-refractivity contribution >= 4 is 25.5 Å². The zero-order chi connectivity index (χ0) is 10.8. The molecule has 2 aromatic carbocycles. The normalized spacial score (nSPS) is 10.3. The minimum atomic E-state index is -0.000259. The molecule has 15 heavy (non-hydrogen) atoms. The van der Waals surface area contributed by atoms with Gasteiger partial charge >= 0.3 is 0 Å². The molecule has 0 N–H and O–H groups in total. The lowest BCUT2D eigenvalue weighted by Crippen LogP contribution is -1.88. The fourth-order valence-electron chi connectivity index (χ4n) is 1.51. The third kappa shape index (κ3) is 2.00. The van der Waals surface area contributed by atoms with E-state index in [0.717, 1.165) is 16.5 Å². The van der Waals surface area contributed by atoms with Gasteiger partial charge in [-0.2, -0.15) is 0 Å². The van der Waals surface area contributed by atoms with Crippen LogP contribution in [0.15, 0.2) is 36.4 Å². The van der Waals surface area contributed by atoms with E-state index in [9.17, 15) is 4.79 Å². The quantitative estimate of drug-likeness (QED) is 0.724. The van der Waals surface area contributed by atoms with Crippen molar-refractivity contribution in [1.82, 2.24) is 0 Å².